The summed E-state index contributed by atoms with van der Waals surface area (Å²) in [6.07, 6.45) is 5.18. The minimum atomic E-state index is -1.17. The quantitative estimate of drug-likeness (QED) is 0.361. The van der Waals surface area contributed by atoms with Crippen molar-refractivity contribution in [2.24, 2.45) is 17.8 Å². The maximum absolute atomic E-state index is 14.6. The van der Waals surface area contributed by atoms with E-state index in [1.54, 1.807) is 46.2 Å². The van der Waals surface area contributed by atoms with E-state index in [1.807, 2.05) is 20.8 Å². The molecule has 0 aliphatic carbocycles. The molecular weight excluding hydrogens is 530 g/mol. The normalized spacial score (nSPS) is 27.6. The maximum Gasteiger partial charge on any atom is 0.253 e. The van der Waals surface area contributed by atoms with Crippen LogP contribution in [-0.2, 0) is 19.1 Å². The molecule has 3 saturated heterocycles. The van der Waals surface area contributed by atoms with Crippen LogP contribution in [0.3, 0.4) is 0 Å². The summed E-state index contributed by atoms with van der Waals surface area (Å²) < 4.78 is 6.63. The van der Waals surface area contributed by atoms with E-state index in [2.05, 4.69) is 13.2 Å². The van der Waals surface area contributed by atoms with Crippen molar-refractivity contribution in [1.82, 2.24) is 9.80 Å². The zero-order valence-corrected chi connectivity index (χ0v) is 24.6. The Hall–Kier alpha value is -2.68. The number of aliphatic hydroxyl groups is 1. The van der Waals surface area contributed by atoms with Crippen LogP contribution in [0.1, 0.15) is 46.5 Å². The first-order valence-corrected chi connectivity index (χ1v) is 14.7. The lowest BCUT2D eigenvalue weighted by Crippen LogP contribution is -2.59. The monoisotopic (exact) mass is 571 g/mol. The van der Waals surface area contributed by atoms with Crippen LogP contribution in [0.2, 0.25) is 5.02 Å². The standard InChI is InChI=1S/C31H42ClN3O5/c1-6-15-33(16-7-2)28(37)25-24-13-14-31(40-24)26(25)29(38)35(21(19-36)18-20(4)5)27(31)30(39)34(17-8-3)23-12-10-9-11-22(23)32/h6,8-12,20-21,24-27,36H,1,3,7,13-19H2,2,4-5H3/t21-,24+,25-,26+,27?,31?/m1/s1. The van der Waals surface area contributed by atoms with Crippen molar-refractivity contribution >= 4 is 35.0 Å². The van der Waals surface area contributed by atoms with E-state index in [0.29, 0.717) is 43.1 Å². The summed E-state index contributed by atoms with van der Waals surface area (Å²) in [6.45, 7) is 14.5. The highest BCUT2D eigenvalue weighted by molar-refractivity contribution is 6.34. The van der Waals surface area contributed by atoms with Gasteiger partial charge in [0.25, 0.3) is 5.91 Å². The van der Waals surface area contributed by atoms with E-state index in [1.165, 1.54) is 4.90 Å². The van der Waals surface area contributed by atoms with E-state index in [4.69, 9.17) is 16.3 Å². The maximum atomic E-state index is 14.6. The van der Waals surface area contributed by atoms with Gasteiger partial charge in [0.2, 0.25) is 11.8 Å². The van der Waals surface area contributed by atoms with Gasteiger partial charge in [-0.05, 0) is 43.7 Å². The van der Waals surface area contributed by atoms with Crippen LogP contribution in [0.4, 0.5) is 5.69 Å². The van der Waals surface area contributed by atoms with E-state index < -0.39 is 35.6 Å². The molecule has 2 unspecified atom stereocenters. The van der Waals surface area contributed by atoms with Crippen molar-refractivity contribution in [2.75, 3.05) is 31.1 Å². The van der Waals surface area contributed by atoms with Gasteiger partial charge in [-0.15, -0.1) is 13.2 Å². The lowest BCUT2D eigenvalue weighted by atomic mass is 9.70. The molecule has 3 aliphatic heterocycles. The first kappa shape index (κ1) is 30.3. The molecule has 0 aromatic heterocycles. The number of anilines is 1. The third-order valence-corrected chi connectivity index (χ3v) is 8.80. The third-order valence-electron chi connectivity index (χ3n) is 8.48. The molecule has 3 amide bonds. The van der Waals surface area contributed by atoms with Crippen molar-refractivity contribution in [2.45, 2.75) is 70.2 Å². The number of halogens is 1. The summed E-state index contributed by atoms with van der Waals surface area (Å²) in [6, 6.07) is 5.44. The van der Waals surface area contributed by atoms with Gasteiger partial charge >= 0.3 is 0 Å². The lowest BCUT2D eigenvalue weighted by Gasteiger charge is -2.39. The van der Waals surface area contributed by atoms with Crippen LogP contribution < -0.4 is 4.90 Å². The number of carbonyl (C=O) groups is 3. The van der Waals surface area contributed by atoms with Crippen molar-refractivity contribution in [3.63, 3.8) is 0 Å². The van der Waals surface area contributed by atoms with Crippen molar-refractivity contribution in [1.29, 1.82) is 0 Å². The van der Waals surface area contributed by atoms with Crippen LogP contribution in [0.15, 0.2) is 49.6 Å². The number of ether oxygens (including phenoxy) is 1. The Morgan fingerprint density at radius 2 is 1.93 bits per heavy atom. The van der Waals surface area contributed by atoms with Gasteiger partial charge in [0.1, 0.15) is 11.6 Å². The highest BCUT2D eigenvalue weighted by atomic mass is 35.5. The second kappa shape index (κ2) is 12.5. The highest BCUT2D eigenvalue weighted by Crippen LogP contribution is 2.59. The molecule has 8 nitrogen and oxygen atoms in total. The van der Waals surface area contributed by atoms with E-state index in [0.717, 1.165) is 6.42 Å². The van der Waals surface area contributed by atoms with Gasteiger partial charge in [0, 0.05) is 19.6 Å². The predicted molar refractivity (Wildman–Crippen MR) is 156 cm³/mol. The fourth-order valence-electron chi connectivity index (χ4n) is 7.05. The Morgan fingerprint density at radius 1 is 1.23 bits per heavy atom. The molecule has 2 bridgehead atoms. The van der Waals surface area contributed by atoms with Crippen molar-refractivity contribution in [3.8, 4) is 0 Å². The molecule has 3 heterocycles. The molecule has 1 aromatic carbocycles. The van der Waals surface area contributed by atoms with Crippen LogP contribution in [0.5, 0.6) is 0 Å². The van der Waals surface area contributed by atoms with Gasteiger partial charge in [-0.1, -0.05) is 56.7 Å². The van der Waals surface area contributed by atoms with Crippen LogP contribution in [-0.4, -0.2) is 82.7 Å². The molecule has 1 spiro atoms. The minimum Gasteiger partial charge on any atom is -0.394 e. The molecule has 1 aromatic rings. The summed E-state index contributed by atoms with van der Waals surface area (Å²) in [5, 5.41) is 10.9. The number of nitrogens with zero attached hydrogens (tertiary/aromatic N) is 3. The highest BCUT2D eigenvalue weighted by Gasteiger charge is 2.75. The van der Waals surface area contributed by atoms with Gasteiger partial charge in [-0.2, -0.15) is 0 Å². The molecule has 218 valence electrons. The first-order chi connectivity index (χ1) is 19.2. The molecule has 0 radical (unpaired) electrons. The van der Waals surface area contributed by atoms with Crippen LogP contribution in [0, 0.1) is 17.8 Å². The number of carbonyl (C=O) groups excluding carboxylic acids is 3. The number of hydrogen-bond donors (Lipinski definition) is 1. The summed E-state index contributed by atoms with van der Waals surface area (Å²) >= 11 is 6.54. The Kier molecular flexibility index (Phi) is 9.43. The van der Waals surface area contributed by atoms with Crippen molar-refractivity contribution in [3.05, 3.63) is 54.6 Å². The van der Waals surface area contributed by atoms with Gasteiger partial charge in [-0.3, -0.25) is 14.4 Å². The Morgan fingerprint density at radius 3 is 2.52 bits per heavy atom. The summed E-state index contributed by atoms with van der Waals surface area (Å²) in [7, 11) is 0. The SMILES string of the molecule is C=CCN(CCC)C(=O)[C@@H]1[C@@H]2CCC3(O2)C(C(=O)N(CC=C)c2ccccc2Cl)N([C@@H](CO)CC(C)C)C(=O)[C@H]13. The fraction of sp³-hybridized carbons (Fsp3) is 0.581. The second-order valence-electron chi connectivity index (χ2n) is 11.5. The second-order valence-corrected chi connectivity index (χ2v) is 11.9. The Labute approximate surface area is 242 Å². The molecule has 1 N–H and O–H groups in total. The number of hydrogen-bond acceptors (Lipinski definition) is 5. The van der Waals surface area contributed by atoms with Crippen LogP contribution in [0.25, 0.3) is 0 Å². The number of para-hydroxylation sites is 1. The number of fused-ring (bicyclic) bond motifs is 1. The largest absolute Gasteiger partial charge is 0.394 e. The van der Waals surface area contributed by atoms with Gasteiger partial charge in [0.15, 0.2) is 0 Å². The molecular formula is C31H42ClN3O5. The molecule has 3 aliphatic rings. The number of likely N-dealkylation sites (tertiary alicyclic amines) is 1. The van der Waals surface area contributed by atoms with Gasteiger partial charge in [-0.25, -0.2) is 0 Å². The fourth-order valence-corrected chi connectivity index (χ4v) is 7.29. The minimum absolute atomic E-state index is 0.141. The number of amides is 3. The van der Waals surface area contributed by atoms with E-state index in [-0.39, 0.29) is 36.8 Å². The number of rotatable bonds is 13. The average molecular weight is 572 g/mol. The van der Waals surface area contributed by atoms with Gasteiger partial charge < -0.3 is 24.5 Å². The molecule has 0 saturated carbocycles. The molecule has 3 fully saturated rings. The Bertz CT molecular complexity index is 1140. The average Bonchev–Trinajstić information content (AvgIpc) is 3.57. The molecule has 9 heteroatoms. The summed E-state index contributed by atoms with van der Waals surface area (Å²) in [5.74, 6) is -2.14. The predicted octanol–water partition coefficient (Wildman–Crippen LogP) is 4.07. The molecule has 40 heavy (non-hydrogen) atoms. The zero-order valence-electron chi connectivity index (χ0n) is 23.8. The summed E-state index contributed by atoms with van der Waals surface area (Å²) in [5.41, 5.74) is -0.665. The lowest BCUT2D eigenvalue weighted by molar-refractivity contribution is -0.147. The summed E-state index contributed by atoms with van der Waals surface area (Å²) in [4.78, 5) is 47.8. The van der Waals surface area contributed by atoms with E-state index >= 15 is 0 Å². The van der Waals surface area contributed by atoms with E-state index in [9.17, 15) is 19.5 Å². The van der Waals surface area contributed by atoms with Crippen molar-refractivity contribution < 1.29 is 24.2 Å². The third kappa shape index (κ3) is 5.10. The topological polar surface area (TPSA) is 90.4 Å². The number of aliphatic hydroxyl groups excluding tert-OH is 1. The van der Waals surface area contributed by atoms with Gasteiger partial charge in [0.05, 0.1) is 41.3 Å². The Balaban J connectivity index is 1.83. The number of benzene rings is 1. The zero-order chi connectivity index (χ0) is 29.2. The smallest absolute Gasteiger partial charge is 0.253 e. The molecule has 6 atom stereocenters. The first-order valence-electron chi connectivity index (χ1n) is 14.3. The van der Waals surface area contributed by atoms with Crippen LogP contribution >= 0.6 is 11.6 Å². The molecule has 4 rings (SSSR count).